The molecule has 1 aromatic heterocycles. The highest BCUT2D eigenvalue weighted by atomic mass is 32.2. The summed E-state index contributed by atoms with van der Waals surface area (Å²) in [7, 11) is 2.00. The molecule has 0 saturated heterocycles. The van der Waals surface area contributed by atoms with Crippen molar-refractivity contribution in [3.63, 3.8) is 0 Å². The van der Waals surface area contributed by atoms with Gasteiger partial charge in [-0.15, -0.1) is 0 Å². The highest BCUT2D eigenvalue weighted by Crippen LogP contribution is 2.46. The highest BCUT2D eigenvalue weighted by Gasteiger charge is 2.38. The Labute approximate surface area is 186 Å². The molecule has 0 N–H and O–H groups in total. The first kappa shape index (κ1) is 21.4. The summed E-state index contributed by atoms with van der Waals surface area (Å²) in [5, 5.41) is 1.17. The van der Waals surface area contributed by atoms with Gasteiger partial charge in [0, 0.05) is 36.0 Å². The molecule has 0 unspecified atom stereocenters. The molecule has 0 fully saturated rings. The van der Waals surface area contributed by atoms with Gasteiger partial charge in [0.05, 0.1) is 16.7 Å². The lowest BCUT2D eigenvalue weighted by Gasteiger charge is -2.24. The number of thioether (sulfide) groups is 1. The summed E-state index contributed by atoms with van der Waals surface area (Å²) in [5.74, 6) is 0.229. The van der Waals surface area contributed by atoms with Crippen LogP contribution < -0.4 is 10.5 Å². The number of carbonyl (C=O) groups excluding carboxylic acids is 1. The number of fused-ring (bicyclic) bond motifs is 2. The van der Waals surface area contributed by atoms with E-state index in [0.717, 1.165) is 11.4 Å². The van der Waals surface area contributed by atoms with Crippen LogP contribution in [0.4, 0.5) is 5.69 Å². The zero-order valence-corrected chi connectivity index (χ0v) is 19.4. The Morgan fingerprint density at radius 3 is 2.52 bits per heavy atom. The number of hydrogen-bond donors (Lipinski definition) is 0. The summed E-state index contributed by atoms with van der Waals surface area (Å²) in [4.78, 5) is 32.7. The van der Waals surface area contributed by atoms with Crippen LogP contribution in [0.5, 0.6) is 0 Å². The second-order valence-corrected chi connectivity index (χ2v) is 9.61. The summed E-state index contributed by atoms with van der Waals surface area (Å²) >= 11 is 1.32. The lowest BCUT2D eigenvalue weighted by Crippen LogP contribution is -2.26. The number of likely N-dealkylation sites (N-methyl/N-ethyl adjacent to an activating group) is 1. The molecule has 1 aliphatic rings. The smallest absolute Gasteiger partial charge is 0.262 e. The van der Waals surface area contributed by atoms with Gasteiger partial charge >= 0.3 is 0 Å². The van der Waals surface area contributed by atoms with E-state index in [1.54, 1.807) is 16.7 Å². The van der Waals surface area contributed by atoms with Crippen LogP contribution in [0.2, 0.25) is 0 Å². The average molecular weight is 434 g/mol. The van der Waals surface area contributed by atoms with Gasteiger partial charge in [-0.05, 0) is 37.6 Å². The Kier molecular flexibility index (Phi) is 5.52. The van der Waals surface area contributed by atoms with Crippen LogP contribution in [-0.2, 0) is 10.2 Å². The van der Waals surface area contributed by atoms with Crippen LogP contribution >= 0.6 is 11.8 Å². The normalized spacial score (nSPS) is 16.3. The molecule has 0 saturated carbocycles. The molecule has 0 amide bonds. The number of ketones is 1. The minimum atomic E-state index is -0.243. The monoisotopic (exact) mass is 433 g/mol. The Morgan fingerprint density at radius 2 is 1.81 bits per heavy atom. The quantitative estimate of drug-likeness (QED) is 0.324. The molecule has 0 atom stereocenters. The molecule has 4 rings (SSSR count). The molecule has 0 bridgehead atoms. The van der Waals surface area contributed by atoms with Gasteiger partial charge in [-0.2, -0.15) is 0 Å². The first-order valence-electron chi connectivity index (χ1n) is 10.4. The van der Waals surface area contributed by atoms with E-state index < -0.39 is 0 Å². The number of anilines is 1. The zero-order chi connectivity index (χ0) is 22.3. The summed E-state index contributed by atoms with van der Waals surface area (Å²) < 4.78 is 1.68. The number of para-hydroxylation sites is 2. The van der Waals surface area contributed by atoms with Gasteiger partial charge in [-0.1, -0.05) is 55.9 Å². The molecule has 0 aliphatic carbocycles. The van der Waals surface area contributed by atoms with Gasteiger partial charge in [-0.25, -0.2) is 4.98 Å². The van der Waals surface area contributed by atoms with Gasteiger partial charge in [0.2, 0.25) is 0 Å². The number of aromatic nitrogens is 2. The lowest BCUT2D eigenvalue weighted by molar-refractivity contribution is -0.112. The Morgan fingerprint density at radius 1 is 1.13 bits per heavy atom. The predicted octanol–water partition coefficient (Wildman–Crippen LogP) is 4.95. The molecule has 31 heavy (non-hydrogen) atoms. The Hall–Kier alpha value is -2.86. The van der Waals surface area contributed by atoms with E-state index in [4.69, 9.17) is 0 Å². The van der Waals surface area contributed by atoms with Crippen molar-refractivity contribution in [1.82, 2.24) is 9.55 Å². The van der Waals surface area contributed by atoms with Crippen molar-refractivity contribution < 1.29 is 4.79 Å². The Bertz CT molecular complexity index is 1260. The average Bonchev–Trinajstić information content (AvgIpc) is 2.93. The van der Waals surface area contributed by atoms with Gasteiger partial charge < -0.3 is 4.90 Å². The summed E-state index contributed by atoms with van der Waals surface area (Å²) in [6.45, 7) is 8.20. The maximum absolute atomic E-state index is 13.0. The number of hydrogen-bond acceptors (Lipinski definition) is 5. The van der Waals surface area contributed by atoms with E-state index in [-0.39, 0.29) is 28.6 Å². The molecule has 2 aromatic carbocycles. The molecule has 5 nitrogen and oxygen atoms in total. The topological polar surface area (TPSA) is 55.2 Å². The molecular formula is C25H27N3O2S. The van der Waals surface area contributed by atoms with Gasteiger partial charge in [0.1, 0.15) is 0 Å². The highest BCUT2D eigenvalue weighted by molar-refractivity contribution is 7.99. The van der Waals surface area contributed by atoms with E-state index in [1.165, 1.54) is 17.3 Å². The van der Waals surface area contributed by atoms with Crippen LogP contribution in [0, 0.1) is 0 Å². The van der Waals surface area contributed by atoms with Crippen molar-refractivity contribution in [3.8, 4) is 0 Å². The SMILES string of the molecule is CC(C)n1c(SCC(=O)C=C2N(C)c3ccccc3C2(C)C)nc2ccccc2c1=O. The fourth-order valence-corrected chi connectivity index (χ4v) is 5.22. The first-order valence-corrected chi connectivity index (χ1v) is 11.4. The summed E-state index contributed by atoms with van der Waals surface area (Å²) in [5.41, 5.74) is 3.67. The van der Waals surface area contributed by atoms with Gasteiger partial charge in [0.25, 0.3) is 5.56 Å². The molecule has 6 heteroatoms. The maximum Gasteiger partial charge on any atom is 0.262 e. The third-order valence-corrected chi connectivity index (χ3v) is 6.85. The van der Waals surface area contributed by atoms with Crippen LogP contribution in [0.15, 0.2) is 70.3 Å². The lowest BCUT2D eigenvalue weighted by atomic mass is 9.83. The Balaban J connectivity index is 1.62. The molecule has 0 radical (unpaired) electrons. The van der Waals surface area contributed by atoms with Crippen molar-refractivity contribution >= 4 is 34.1 Å². The number of carbonyl (C=O) groups is 1. The van der Waals surface area contributed by atoms with Crippen molar-refractivity contribution in [2.75, 3.05) is 17.7 Å². The third kappa shape index (κ3) is 3.69. The number of benzene rings is 2. The van der Waals surface area contributed by atoms with E-state index in [1.807, 2.05) is 51.2 Å². The van der Waals surface area contributed by atoms with Crippen LogP contribution in [0.1, 0.15) is 39.3 Å². The summed E-state index contributed by atoms with van der Waals surface area (Å²) in [6.07, 6.45) is 1.74. The largest absolute Gasteiger partial charge is 0.347 e. The molecule has 160 valence electrons. The van der Waals surface area contributed by atoms with Crippen molar-refractivity contribution in [2.45, 2.75) is 44.3 Å². The van der Waals surface area contributed by atoms with Crippen LogP contribution in [-0.4, -0.2) is 28.1 Å². The van der Waals surface area contributed by atoms with E-state index in [0.29, 0.717) is 16.1 Å². The zero-order valence-electron chi connectivity index (χ0n) is 18.5. The third-order valence-electron chi connectivity index (χ3n) is 5.87. The van der Waals surface area contributed by atoms with Crippen molar-refractivity contribution in [1.29, 1.82) is 0 Å². The second kappa shape index (κ2) is 8.00. The number of nitrogens with zero attached hydrogens (tertiary/aromatic N) is 3. The predicted molar refractivity (Wildman–Crippen MR) is 128 cm³/mol. The maximum atomic E-state index is 13.0. The first-order chi connectivity index (χ1) is 14.7. The summed E-state index contributed by atoms with van der Waals surface area (Å²) in [6, 6.07) is 15.5. The van der Waals surface area contributed by atoms with Crippen LogP contribution in [0.3, 0.4) is 0 Å². The van der Waals surface area contributed by atoms with Crippen molar-refractivity contribution in [3.05, 3.63) is 76.2 Å². The molecule has 1 aliphatic heterocycles. The fraction of sp³-hybridized carbons (Fsp3) is 0.320. The van der Waals surface area contributed by atoms with Gasteiger partial charge in [0.15, 0.2) is 10.9 Å². The minimum absolute atomic E-state index is 0.00504. The van der Waals surface area contributed by atoms with E-state index in [9.17, 15) is 9.59 Å². The number of rotatable bonds is 5. The standard InChI is InChI=1S/C25H27N3O2S/c1-16(2)28-23(30)18-10-6-8-12-20(18)26-24(28)31-15-17(29)14-22-25(3,4)19-11-7-9-13-21(19)27(22)5/h6-14,16H,15H2,1-5H3. The minimum Gasteiger partial charge on any atom is -0.347 e. The molecule has 3 aromatic rings. The van der Waals surface area contributed by atoms with E-state index in [2.05, 4.69) is 35.9 Å². The van der Waals surface area contributed by atoms with Gasteiger partial charge in [-0.3, -0.25) is 14.2 Å². The molecule has 2 heterocycles. The number of allylic oxidation sites excluding steroid dienone is 2. The van der Waals surface area contributed by atoms with E-state index >= 15 is 0 Å². The fourth-order valence-electron chi connectivity index (χ4n) is 4.27. The van der Waals surface area contributed by atoms with Crippen molar-refractivity contribution in [2.24, 2.45) is 0 Å². The molecular weight excluding hydrogens is 406 g/mol. The second-order valence-electron chi connectivity index (χ2n) is 8.67. The van der Waals surface area contributed by atoms with Crippen LogP contribution in [0.25, 0.3) is 10.9 Å². The molecule has 0 spiro atoms.